The number of nitrogens with zero attached hydrogens (tertiary/aromatic N) is 4. The molecule has 0 unspecified atom stereocenters. The lowest BCUT2D eigenvalue weighted by Gasteiger charge is -2.15. The van der Waals surface area contributed by atoms with Gasteiger partial charge in [0, 0.05) is 50.9 Å². The molecule has 0 bridgehead atoms. The minimum absolute atomic E-state index is 0.934. The molecule has 5 aromatic carbocycles. The molecule has 0 N–H and O–H groups in total. The van der Waals surface area contributed by atoms with E-state index in [-0.39, 0.29) is 0 Å². The van der Waals surface area contributed by atoms with Crippen molar-refractivity contribution in [2.75, 3.05) is 0 Å². The number of fused-ring (bicyclic) bond motifs is 7. The Labute approximate surface area is 236 Å². The molecular weight excluding hydrogens is 500 g/mol. The number of pyridine rings is 1. The van der Waals surface area contributed by atoms with Gasteiger partial charge in [0.1, 0.15) is 5.65 Å². The highest BCUT2D eigenvalue weighted by atomic mass is 15.0. The molecule has 0 saturated heterocycles. The van der Waals surface area contributed by atoms with Crippen LogP contribution >= 0.6 is 0 Å². The zero-order valence-electron chi connectivity index (χ0n) is 22.1. The fourth-order valence-corrected chi connectivity index (χ4v) is 6.48. The van der Waals surface area contributed by atoms with Gasteiger partial charge >= 0.3 is 0 Å². The van der Waals surface area contributed by atoms with Gasteiger partial charge in [0.15, 0.2) is 0 Å². The first kappa shape index (κ1) is 22.2. The molecule has 4 nitrogen and oxygen atoms in total. The van der Waals surface area contributed by atoms with E-state index < -0.39 is 0 Å². The number of imidazole rings is 1. The van der Waals surface area contributed by atoms with E-state index >= 15 is 0 Å². The average molecular weight is 525 g/mol. The molecule has 41 heavy (non-hydrogen) atoms. The zero-order valence-corrected chi connectivity index (χ0v) is 22.1. The smallest absolute Gasteiger partial charge is 0.137 e. The van der Waals surface area contributed by atoms with Crippen LogP contribution in [0.1, 0.15) is 0 Å². The number of hydrogen-bond acceptors (Lipinski definition) is 1. The second-order valence-electron chi connectivity index (χ2n) is 10.6. The van der Waals surface area contributed by atoms with Crippen molar-refractivity contribution in [3.05, 3.63) is 146 Å². The Bertz CT molecular complexity index is 2160. The van der Waals surface area contributed by atoms with Gasteiger partial charge in [0.05, 0.1) is 27.8 Å². The summed E-state index contributed by atoms with van der Waals surface area (Å²) in [5.74, 6) is 0. The normalized spacial score (nSPS) is 11.9. The van der Waals surface area contributed by atoms with Crippen molar-refractivity contribution < 1.29 is 0 Å². The topological polar surface area (TPSA) is 27.2 Å². The predicted octanol–water partition coefficient (Wildman–Crippen LogP) is 9.20. The van der Waals surface area contributed by atoms with Gasteiger partial charge in [0.25, 0.3) is 0 Å². The van der Waals surface area contributed by atoms with Gasteiger partial charge in [-0.1, -0.05) is 78.9 Å². The average Bonchev–Trinajstić information content (AvgIpc) is 3.71. The van der Waals surface area contributed by atoms with Crippen LogP contribution in [-0.2, 0) is 0 Å². The highest BCUT2D eigenvalue weighted by Crippen LogP contribution is 2.37. The maximum absolute atomic E-state index is 5.02. The summed E-state index contributed by atoms with van der Waals surface area (Å²) in [6.45, 7) is 0. The molecule has 0 radical (unpaired) electrons. The van der Waals surface area contributed by atoms with E-state index in [4.69, 9.17) is 4.98 Å². The van der Waals surface area contributed by atoms with Crippen molar-refractivity contribution >= 4 is 49.3 Å². The van der Waals surface area contributed by atoms with Crippen LogP contribution in [0.25, 0.3) is 71.9 Å². The first-order chi connectivity index (χ1) is 20.3. The number of benzene rings is 5. The van der Waals surface area contributed by atoms with Gasteiger partial charge < -0.3 is 13.5 Å². The maximum Gasteiger partial charge on any atom is 0.137 e. The number of para-hydroxylation sites is 4. The quantitative estimate of drug-likeness (QED) is 0.226. The van der Waals surface area contributed by atoms with E-state index in [0.717, 1.165) is 28.3 Å². The predicted molar refractivity (Wildman–Crippen MR) is 169 cm³/mol. The van der Waals surface area contributed by atoms with Crippen LogP contribution in [0.3, 0.4) is 0 Å². The summed E-state index contributed by atoms with van der Waals surface area (Å²) in [5, 5.41) is 5.00. The van der Waals surface area contributed by atoms with Crippen LogP contribution in [0.2, 0.25) is 0 Å². The zero-order chi connectivity index (χ0) is 26.9. The first-order valence-electron chi connectivity index (χ1n) is 13.9. The van der Waals surface area contributed by atoms with Gasteiger partial charge in [-0.3, -0.25) is 0 Å². The van der Waals surface area contributed by atoms with Crippen molar-refractivity contribution in [2.24, 2.45) is 0 Å². The van der Waals surface area contributed by atoms with Crippen molar-refractivity contribution in [2.45, 2.75) is 0 Å². The van der Waals surface area contributed by atoms with Gasteiger partial charge in [0.2, 0.25) is 0 Å². The molecule has 0 aliphatic rings. The second kappa shape index (κ2) is 8.44. The Balaban J connectivity index is 1.41. The summed E-state index contributed by atoms with van der Waals surface area (Å²) < 4.78 is 6.87. The Morgan fingerprint density at radius 3 is 1.34 bits per heavy atom. The van der Waals surface area contributed by atoms with E-state index in [0.29, 0.717) is 0 Å². The molecule has 9 rings (SSSR count). The molecule has 0 aliphatic carbocycles. The Hall–Kier alpha value is -5.61. The van der Waals surface area contributed by atoms with Gasteiger partial charge in [-0.25, -0.2) is 4.98 Å². The van der Waals surface area contributed by atoms with Crippen LogP contribution in [0, 0.1) is 0 Å². The number of hydrogen-bond donors (Lipinski definition) is 0. The molecule has 4 heteroatoms. The summed E-state index contributed by atoms with van der Waals surface area (Å²) in [7, 11) is 0. The van der Waals surface area contributed by atoms with Crippen LogP contribution in [0.15, 0.2) is 146 Å². The SMILES string of the molecule is c1ccc2c(c1)c1ccccc1n2-c1cc(-c2cn3ccccc3n2)cc(-n2c3ccccc3c3ccccc32)c1. The minimum atomic E-state index is 0.934. The highest BCUT2D eigenvalue weighted by molar-refractivity contribution is 6.10. The van der Waals surface area contributed by atoms with Crippen molar-refractivity contribution in [3.8, 4) is 22.6 Å². The van der Waals surface area contributed by atoms with Crippen LogP contribution in [0.4, 0.5) is 0 Å². The van der Waals surface area contributed by atoms with Crippen LogP contribution < -0.4 is 0 Å². The summed E-state index contributed by atoms with van der Waals surface area (Å²) in [5.41, 5.74) is 9.92. The third-order valence-electron chi connectivity index (χ3n) is 8.24. The third kappa shape index (κ3) is 3.25. The van der Waals surface area contributed by atoms with Crippen LogP contribution in [-0.4, -0.2) is 18.5 Å². The molecule has 4 heterocycles. The van der Waals surface area contributed by atoms with Gasteiger partial charge in [-0.2, -0.15) is 0 Å². The van der Waals surface area contributed by atoms with Crippen molar-refractivity contribution in [1.29, 1.82) is 0 Å². The molecule has 0 amide bonds. The lowest BCUT2D eigenvalue weighted by molar-refractivity contribution is 1.13. The van der Waals surface area contributed by atoms with E-state index in [1.807, 2.05) is 18.2 Å². The molecule has 0 fully saturated rings. The molecule has 0 spiro atoms. The number of rotatable bonds is 3. The molecule has 0 atom stereocenters. The molecule has 0 aliphatic heterocycles. The fraction of sp³-hybridized carbons (Fsp3) is 0. The van der Waals surface area contributed by atoms with Crippen molar-refractivity contribution in [1.82, 2.24) is 18.5 Å². The summed E-state index contributed by atoms with van der Waals surface area (Å²) in [4.78, 5) is 5.02. The third-order valence-corrected chi connectivity index (χ3v) is 8.24. The van der Waals surface area contributed by atoms with Gasteiger partial charge in [-0.15, -0.1) is 0 Å². The van der Waals surface area contributed by atoms with E-state index in [1.165, 1.54) is 43.6 Å². The first-order valence-corrected chi connectivity index (χ1v) is 13.9. The van der Waals surface area contributed by atoms with E-state index in [1.54, 1.807) is 0 Å². The largest absolute Gasteiger partial charge is 0.309 e. The van der Waals surface area contributed by atoms with Crippen LogP contribution in [0.5, 0.6) is 0 Å². The fourth-order valence-electron chi connectivity index (χ4n) is 6.48. The lowest BCUT2D eigenvalue weighted by Crippen LogP contribution is -2.00. The summed E-state index contributed by atoms with van der Waals surface area (Å²) in [6, 6.07) is 47.7. The van der Waals surface area contributed by atoms with E-state index in [9.17, 15) is 0 Å². The second-order valence-corrected chi connectivity index (χ2v) is 10.6. The summed E-state index contributed by atoms with van der Waals surface area (Å²) >= 11 is 0. The minimum Gasteiger partial charge on any atom is -0.309 e. The maximum atomic E-state index is 5.02. The van der Waals surface area contributed by atoms with E-state index in [2.05, 4.69) is 141 Å². The molecule has 192 valence electrons. The molecule has 4 aromatic heterocycles. The van der Waals surface area contributed by atoms with Gasteiger partial charge in [-0.05, 0) is 54.6 Å². The highest BCUT2D eigenvalue weighted by Gasteiger charge is 2.17. The standard InChI is InChI=1S/C37H24N4/c1-5-15-33-28(11-1)29-12-2-6-16-34(29)40(33)26-21-25(32-24-39-20-10-9-19-37(39)38-32)22-27(23-26)41-35-17-7-3-13-30(35)31-14-4-8-18-36(31)41/h1-24H. The Kier molecular flexibility index (Phi) is 4.58. The summed E-state index contributed by atoms with van der Waals surface area (Å²) in [6.07, 6.45) is 4.17. The molecule has 9 aromatic rings. The lowest BCUT2D eigenvalue weighted by atomic mass is 10.1. The Morgan fingerprint density at radius 1 is 0.439 bits per heavy atom. The monoisotopic (exact) mass is 524 g/mol. The Morgan fingerprint density at radius 2 is 0.878 bits per heavy atom. The number of aromatic nitrogens is 4. The molecular formula is C37H24N4. The molecule has 0 saturated carbocycles. The van der Waals surface area contributed by atoms with Crippen molar-refractivity contribution in [3.63, 3.8) is 0 Å².